The molecule has 0 heterocycles. The molecular formula is C36H44N2O4S2. The van der Waals surface area contributed by atoms with Gasteiger partial charge in [0.1, 0.15) is 0 Å². The molecule has 4 aromatic rings. The van der Waals surface area contributed by atoms with Gasteiger partial charge in [0, 0.05) is 0 Å². The maximum Gasteiger partial charge on any atom is 0.241 e. The summed E-state index contributed by atoms with van der Waals surface area (Å²) >= 11 is 0. The van der Waals surface area contributed by atoms with Gasteiger partial charge in [0.05, 0.1) is 21.9 Å². The summed E-state index contributed by atoms with van der Waals surface area (Å²) in [6, 6.07) is 17.1. The van der Waals surface area contributed by atoms with E-state index in [4.69, 9.17) is 0 Å². The summed E-state index contributed by atoms with van der Waals surface area (Å²) in [5.74, 6) is 0. The minimum Gasteiger partial charge on any atom is -0.207 e. The van der Waals surface area contributed by atoms with Crippen LogP contribution in [0.2, 0.25) is 0 Å². The first kappa shape index (κ1) is 33.6. The molecule has 0 spiro atoms. The predicted molar refractivity (Wildman–Crippen MR) is 179 cm³/mol. The number of sulfonamides is 2. The Hall–Kier alpha value is -3.30. The second kappa shape index (κ2) is 12.6. The summed E-state index contributed by atoms with van der Waals surface area (Å²) < 4.78 is 63.2. The van der Waals surface area contributed by atoms with E-state index in [1.165, 1.54) is 0 Å². The van der Waals surface area contributed by atoms with Crippen LogP contribution in [0.15, 0.2) is 70.5 Å². The van der Waals surface area contributed by atoms with Crippen LogP contribution in [0.4, 0.5) is 0 Å². The van der Waals surface area contributed by atoms with Gasteiger partial charge in [-0.1, -0.05) is 94.0 Å². The molecule has 0 unspecified atom stereocenters. The van der Waals surface area contributed by atoms with Crippen molar-refractivity contribution in [3.05, 3.63) is 127 Å². The fourth-order valence-electron chi connectivity index (χ4n) is 6.67. The predicted octanol–water partition coefficient (Wildman–Crippen LogP) is 7.51. The Bertz CT molecular complexity index is 1730. The van der Waals surface area contributed by atoms with Crippen LogP contribution in [-0.4, -0.2) is 16.8 Å². The molecular weight excluding hydrogens is 589 g/mol. The van der Waals surface area contributed by atoms with E-state index < -0.39 is 32.1 Å². The molecule has 234 valence electrons. The third kappa shape index (κ3) is 7.32. The highest BCUT2D eigenvalue weighted by Gasteiger charge is 2.35. The molecule has 4 aromatic carbocycles. The zero-order valence-electron chi connectivity index (χ0n) is 27.4. The number of hydrogen-bond acceptors (Lipinski definition) is 4. The standard InChI is InChI=1S/C36H44N2O4S2/c1-21-11-22(2)18-31(17-21)33(37-43(39,40)35-27(7)13-25(5)14-28(35)8)34(32-19-23(3)12-24(4)20-32)38-44(41,42)36-29(9)15-26(6)16-30(36)10/h11-20,33-34,37-38H,1-10H3/t33-,34-/m1/s1. The average molecular weight is 633 g/mol. The zero-order valence-corrected chi connectivity index (χ0v) is 29.0. The molecule has 4 rings (SSSR count). The fraction of sp³-hybridized carbons (Fsp3) is 0.333. The highest BCUT2D eigenvalue weighted by Crippen LogP contribution is 2.36. The largest absolute Gasteiger partial charge is 0.241 e. The van der Waals surface area contributed by atoms with Crippen LogP contribution in [0.1, 0.15) is 78.8 Å². The van der Waals surface area contributed by atoms with Crippen LogP contribution in [0.5, 0.6) is 0 Å². The Morgan fingerprint density at radius 1 is 0.386 bits per heavy atom. The normalized spacial score (nSPS) is 13.6. The van der Waals surface area contributed by atoms with E-state index in [0.29, 0.717) is 33.4 Å². The van der Waals surface area contributed by atoms with E-state index in [9.17, 15) is 16.8 Å². The Morgan fingerprint density at radius 2 is 0.614 bits per heavy atom. The number of nitrogens with one attached hydrogen (secondary N) is 2. The van der Waals surface area contributed by atoms with E-state index >= 15 is 0 Å². The Kier molecular flexibility index (Phi) is 9.62. The minimum atomic E-state index is -4.11. The molecule has 0 aliphatic heterocycles. The summed E-state index contributed by atoms with van der Waals surface area (Å²) in [5.41, 5.74) is 9.55. The SMILES string of the molecule is Cc1cc(C)cc([C@@H](NS(=O)(=O)c2c(C)cc(C)cc2C)[C@H](NS(=O)(=O)c2c(C)cc(C)cc2C)c2cc(C)cc(C)c2)c1. The minimum absolute atomic E-state index is 0.199. The lowest BCUT2D eigenvalue weighted by Crippen LogP contribution is -2.41. The second-order valence-corrected chi connectivity index (χ2v) is 15.8. The maximum atomic E-state index is 14.3. The Labute approximate surface area is 264 Å². The molecule has 0 saturated carbocycles. The van der Waals surface area contributed by atoms with Crippen molar-refractivity contribution in [2.24, 2.45) is 0 Å². The lowest BCUT2D eigenvalue weighted by Gasteiger charge is -2.31. The van der Waals surface area contributed by atoms with E-state index in [2.05, 4.69) is 9.44 Å². The van der Waals surface area contributed by atoms with Gasteiger partial charge < -0.3 is 0 Å². The van der Waals surface area contributed by atoms with Gasteiger partial charge in [-0.3, -0.25) is 0 Å². The highest BCUT2D eigenvalue weighted by molar-refractivity contribution is 7.90. The van der Waals surface area contributed by atoms with Crippen molar-refractivity contribution < 1.29 is 16.8 Å². The summed E-state index contributed by atoms with van der Waals surface area (Å²) in [4.78, 5) is 0.398. The molecule has 0 aliphatic carbocycles. The van der Waals surface area contributed by atoms with Crippen molar-refractivity contribution in [2.45, 2.75) is 91.1 Å². The Morgan fingerprint density at radius 3 is 0.864 bits per heavy atom. The quantitative estimate of drug-likeness (QED) is 0.200. The van der Waals surface area contributed by atoms with Crippen molar-refractivity contribution in [1.82, 2.24) is 9.44 Å². The molecule has 0 aromatic heterocycles. The lowest BCUT2D eigenvalue weighted by molar-refractivity contribution is 0.465. The molecule has 0 aliphatic rings. The molecule has 2 N–H and O–H groups in total. The van der Waals surface area contributed by atoms with Crippen LogP contribution >= 0.6 is 0 Å². The van der Waals surface area contributed by atoms with Gasteiger partial charge in [-0.25, -0.2) is 26.3 Å². The maximum absolute atomic E-state index is 14.3. The first-order chi connectivity index (χ1) is 20.4. The summed E-state index contributed by atoms with van der Waals surface area (Å²) in [6.07, 6.45) is 0. The van der Waals surface area contributed by atoms with Crippen molar-refractivity contribution in [3.8, 4) is 0 Å². The van der Waals surface area contributed by atoms with Crippen LogP contribution in [0.3, 0.4) is 0 Å². The second-order valence-electron chi connectivity index (χ2n) is 12.5. The van der Waals surface area contributed by atoms with E-state index in [-0.39, 0.29) is 9.79 Å². The third-order valence-electron chi connectivity index (χ3n) is 7.85. The smallest absolute Gasteiger partial charge is 0.207 e. The van der Waals surface area contributed by atoms with Crippen molar-refractivity contribution >= 4 is 20.0 Å². The molecule has 0 saturated heterocycles. The van der Waals surface area contributed by atoms with Gasteiger partial charge in [-0.2, -0.15) is 0 Å². The highest BCUT2D eigenvalue weighted by atomic mass is 32.2. The lowest BCUT2D eigenvalue weighted by atomic mass is 9.91. The van der Waals surface area contributed by atoms with Crippen molar-refractivity contribution in [2.75, 3.05) is 0 Å². The monoisotopic (exact) mass is 632 g/mol. The molecule has 0 radical (unpaired) electrons. The number of benzene rings is 4. The van der Waals surface area contributed by atoms with Crippen LogP contribution in [0.25, 0.3) is 0 Å². The fourth-order valence-corrected chi connectivity index (χ4v) is 10.0. The van der Waals surface area contributed by atoms with E-state index in [1.54, 1.807) is 27.7 Å². The van der Waals surface area contributed by atoms with Gasteiger partial charge in [0.15, 0.2) is 0 Å². The van der Waals surface area contributed by atoms with Crippen molar-refractivity contribution in [3.63, 3.8) is 0 Å². The van der Waals surface area contributed by atoms with Crippen LogP contribution < -0.4 is 9.44 Å². The summed E-state index contributed by atoms with van der Waals surface area (Å²) in [6.45, 7) is 18.8. The van der Waals surface area contributed by atoms with Crippen LogP contribution in [-0.2, 0) is 20.0 Å². The topological polar surface area (TPSA) is 92.3 Å². The first-order valence-electron chi connectivity index (χ1n) is 14.7. The van der Waals surface area contributed by atoms with Crippen molar-refractivity contribution in [1.29, 1.82) is 0 Å². The van der Waals surface area contributed by atoms with Gasteiger partial charge in [0.2, 0.25) is 20.0 Å². The molecule has 8 heteroatoms. The Balaban J connectivity index is 2.00. The number of hydrogen-bond donors (Lipinski definition) is 2. The molecule has 2 atom stereocenters. The first-order valence-corrected chi connectivity index (χ1v) is 17.7. The molecule has 0 bridgehead atoms. The van der Waals surface area contributed by atoms with Gasteiger partial charge in [-0.05, 0) is 103 Å². The van der Waals surface area contributed by atoms with E-state index in [0.717, 1.165) is 33.4 Å². The third-order valence-corrected chi connectivity index (χ3v) is 11.3. The summed E-state index contributed by atoms with van der Waals surface area (Å²) in [5, 5.41) is 0. The molecule has 0 fully saturated rings. The number of aryl methyl sites for hydroxylation is 10. The van der Waals surface area contributed by atoms with Gasteiger partial charge in [-0.15, -0.1) is 0 Å². The van der Waals surface area contributed by atoms with Gasteiger partial charge in [0.25, 0.3) is 0 Å². The molecule has 0 amide bonds. The summed E-state index contributed by atoms with van der Waals surface area (Å²) in [7, 11) is -8.22. The molecule has 6 nitrogen and oxygen atoms in total. The zero-order chi connectivity index (χ0) is 32.7. The number of rotatable bonds is 9. The molecule has 44 heavy (non-hydrogen) atoms. The van der Waals surface area contributed by atoms with Gasteiger partial charge >= 0.3 is 0 Å². The average Bonchev–Trinajstić information content (AvgIpc) is 2.83. The van der Waals surface area contributed by atoms with Crippen LogP contribution in [0, 0.1) is 69.2 Å². The van der Waals surface area contributed by atoms with E-state index in [1.807, 2.05) is 102 Å².